The molecule has 6 N–H and O–H groups in total. The van der Waals surface area contributed by atoms with Gasteiger partial charge in [0.25, 0.3) is 0 Å². The highest BCUT2D eigenvalue weighted by molar-refractivity contribution is 8.00. The molecule has 0 unspecified atom stereocenters. The van der Waals surface area contributed by atoms with Crippen molar-refractivity contribution in [3.8, 4) is 6.07 Å². The number of rotatable bonds is 4. The number of hydrogen-bond acceptors (Lipinski definition) is 8. The van der Waals surface area contributed by atoms with Gasteiger partial charge in [-0.2, -0.15) is 15.3 Å². The quantitative estimate of drug-likeness (QED) is 0.152. The second kappa shape index (κ2) is 7.90. The minimum absolute atomic E-state index is 0.258. The highest BCUT2D eigenvalue weighted by atomic mass is 32.2. The molecule has 1 aliphatic rings. The number of nitrogens with two attached hydrogens (primary N) is 2. The number of aromatic amines is 1. The summed E-state index contributed by atoms with van der Waals surface area (Å²) in [6.07, 6.45) is 1.89. The number of amidine groups is 1. The lowest BCUT2D eigenvalue weighted by Gasteiger charge is -2.31. The predicted molar refractivity (Wildman–Crippen MR) is 101 cm³/mol. The molecule has 0 radical (unpaired) electrons. The van der Waals surface area contributed by atoms with Crippen LogP contribution in [-0.2, 0) is 6.42 Å². The molecule has 1 aromatic carbocycles. The lowest BCUT2D eigenvalue weighted by Crippen LogP contribution is -2.33. The predicted octanol–water partition coefficient (Wildman–Crippen LogP) is 0.553. The topological polar surface area (TPSA) is 149 Å². The Bertz CT molecular complexity index is 933. The second-order valence-electron chi connectivity index (χ2n) is 5.58. The Labute approximate surface area is 154 Å². The molecule has 2 heterocycles. The van der Waals surface area contributed by atoms with Gasteiger partial charge in [-0.3, -0.25) is 4.98 Å². The van der Waals surface area contributed by atoms with E-state index in [1.54, 1.807) is 0 Å². The zero-order chi connectivity index (χ0) is 18.5. The summed E-state index contributed by atoms with van der Waals surface area (Å²) in [7, 11) is 0. The molecule has 0 amide bonds. The van der Waals surface area contributed by atoms with Gasteiger partial charge in [-0.25, -0.2) is 10.6 Å². The van der Waals surface area contributed by atoms with Gasteiger partial charge < -0.3 is 16.2 Å². The summed E-state index contributed by atoms with van der Waals surface area (Å²) in [6, 6.07) is 10.1. The van der Waals surface area contributed by atoms with E-state index in [1.165, 1.54) is 17.3 Å². The molecular formula is C16H18N8OS. The Hall–Kier alpha value is -3.03. The van der Waals surface area contributed by atoms with E-state index in [4.69, 9.17) is 11.7 Å². The van der Waals surface area contributed by atoms with Crippen molar-refractivity contribution in [2.45, 2.75) is 17.9 Å². The summed E-state index contributed by atoms with van der Waals surface area (Å²) in [5.41, 5.74) is 4.32. The number of anilines is 2. The molecule has 26 heavy (non-hydrogen) atoms. The minimum Gasteiger partial charge on any atom is -0.326 e. The molecule has 134 valence electrons. The van der Waals surface area contributed by atoms with E-state index < -0.39 is 5.69 Å². The normalized spacial score (nSPS) is 13.8. The number of aromatic nitrogens is 2. The molecule has 9 nitrogen and oxygen atoms in total. The molecule has 0 fully saturated rings. The number of nitriles is 1. The first-order chi connectivity index (χ1) is 12.7. The van der Waals surface area contributed by atoms with Gasteiger partial charge in [-0.05, 0) is 24.5 Å². The van der Waals surface area contributed by atoms with Crippen molar-refractivity contribution in [1.82, 2.24) is 15.4 Å². The Morgan fingerprint density at radius 1 is 1.50 bits per heavy atom. The molecule has 0 atom stereocenters. The van der Waals surface area contributed by atoms with Gasteiger partial charge in [0, 0.05) is 12.2 Å². The number of thioether (sulfide) groups is 1. The van der Waals surface area contributed by atoms with Crippen LogP contribution in [0.3, 0.4) is 0 Å². The number of aryl methyl sites for hydroxylation is 1. The van der Waals surface area contributed by atoms with Crippen molar-refractivity contribution in [2.24, 2.45) is 16.8 Å². The highest BCUT2D eigenvalue weighted by Crippen LogP contribution is 2.35. The molecule has 0 aliphatic carbocycles. The number of hydrazone groups is 1. The van der Waals surface area contributed by atoms with Crippen LogP contribution in [-0.4, -0.2) is 28.1 Å². The third kappa shape index (κ3) is 3.49. The highest BCUT2D eigenvalue weighted by Gasteiger charge is 2.24. The van der Waals surface area contributed by atoms with Gasteiger partial charge in [-0.1, -0.05) is 30.0 Å². The molecule has 0 bridgehead atoms. The van der Waals surface area contributed by atoms with Crippen LogP contribution in [0, 0.1) is 11.3 Å². The average molecular weight is 370 g/mol. The molecule has 0 saturated carbocycles. The number of nitrogens with zero attached hydrogens (tertiary/aromatic N) is 4. The molecule has 10 heteroatoms. The van der Waals surface area contributed by atoms with Crippen LogP contribution >= 0.6 is 11.8 Å². The van der Waals surface area contributed by atoms with Gasteiger partial charge in [-0.15, -0.1) is 0 Å². The molecule has 1 aromatic heterocycles. The monoisotopic (exact) mass is 370 g/mol. The first-order valence-corrected chi connectivity index (χ1v) is 8.92. The summed E-state index contributed by atoms with van der Waals surface area (Å²) >= 11 is 1.17. The Kier molecular flexibility index (Phi) is 5.40. The maximum atomic E-state index is 12.1. The van der Waals surface area contributed by atoms with E-state index >= 15 is 0 Å². The third-order valence-electron chi connectivity index (χ3n) is 4.04. The molecule has 0 spiro atoms. The number of H-pyrrole nitrogens is 1. The number of benzene rings is 1. The minimum atomic E-state index is -0.517. The van der Waals surface area contributed by atoms with Gasteiger partial charge in [0.05, 0.1) is 5.75 Å². The molecule has 3 rings (SSSR count). The smallest absolute Gasteiger partial charge is 0.326 e. The van der Waals surface area contributed by atoms with Crippen molar-refractivity contribution in [3.05, 3.63) is 45.9 Å². The number of nitrogens with one attached hydrogen (secondary N) is 2. The fourth-order valence-corrected chi connectivity index (χ4v) is 3.73. The Morgan fingerprint density at radius 2 is 2.31 bits per heavy atom. The molecule has 0 saturated heterocycles. The van der Waals surface area contributed by atoms with Crippen molar-refractivity contribution in [1.29, 1.82) is 5.26 Å². The van der Waals surface area contributed by atoms with E-state index in [-0.39, 0.29) is 5.75 Å². The van der Waals surface area contributed by atoms with Crippen LogP contribution in [0.5, 0.6) is 0 Å². The molecular weight excluding hydrogens is 352 g/mol. The van der Waals surface area contributed by atoms with Crippen LogP contribution in [0.1, 0.15) is 17.5 Å². The first-order valence-electron chi connectivity index (χ1n) is 7.94. The van der Waals surface area contributed by atoms with Crippen LogP contribution in [0.4, 0.5) is 11.5 Å². The SMILES string of the molecule is N#Cc1c(SC/C(=N/N)NN)nc(=O)[nH]c1N1CCCc2ccccc21. The average Bonchev–Trinajstić information content (AvgIpc) is 2.68. The lowest BCUT2D eigenvalue weighted by atomic mass is 10.0. The number of para-hydroxylation sites is 1. The maximum Gasteiger partial charge on any atom is 0.347 e. The number of fused-ring (bicyclic) bond motifs is 1. The maximum absolute atomic E-state index is 12.1. The van der Waals surface area contributed by atoms with E-state index in [1.807, 2.05) is 23.1 Å². The zero-order valence-electron chi connectivity index (χ0n) is 13.9. The summed E-state index contributed by atoms with van der Waals surface area (Å²) in [5.74, 6) is 11.6. The van der Waals surface area contributed by atoms with Gasteiger partial charge in [0.1, 0.15) is 28.3 Å². The molecule has 2 aromatic rings. The van der Waals surface area contributed by atoms with E-state index in [0.717, 1.165) is 18.5 Å². The molecule has 1 aliphatic heterocycles. The van der Waals surface area contributed by atoms with Crippen LogP contribution in [0.15, 0.2) is 39.2 Å². The van der Waals surface area contributed by atoms with E-state index in [2.05, 4.69) is 32.6 Å². The van der Waals surface area contributed by atoms with Crippen molar-refractivity contribution >= 4 is 29.1 Å². The fraction of sp³-hybridized carbons (Fsp3) is 0.250. The summed E-state index contributed by atoms with van der Waals surface area (Å²) in [4.78, 5) is 20.7. The summed E-state index contributed by atoms with van der Waals surface area (Å²) in [5, 5.41) is 13.5. The van der Waals surface area contributed by atoms with Crippen LogP contribution in [0.2, 0.25) is 0 Å². The van der Waals surface area contributed by atoms with Crippen molar-refractivity contribution in [2.75, 3.05) is 17.2 Å². The zero-order valence-corrected chi connectivity index (χ0v) is 14.7. The number of hydrogen-bond donors (Lipinski definition) is 4. The van der Waals surface area contributed by atoms with Gasteiger partial charge in [0.2, 0.25) is 0 Å². The van der Waals surface area contributed by atoms with Crippen molar-refractivity contribution < 1.29 is 0 Å². The van der Waals surface area contributed by atoms with Gasteiger partial charge >= 0.3 is 5.69 Å². The summed E-state index contributed by atoms with van der Waals surface area (Å²) in [6.45, 7) is 0.704. The standard InChI is InChI=1S/C16H18N8OS/c17-8-11-14(24-7-3-5-10-4-1-2-6-12(10)24)20-16(25)21-15(11)26-9-13(22-18)23-19/h1-2,4,6H,3,5,7,9,18-19H2,(H,22,23)(H,20,21,25). The first kappa shape index (κ1) is 17.8. The van der Waals surface area contributed by atoms with Crippen LogP contribution < -0.4 is 27.7 Å². The third-order valence-corrected chi connectivity index (χ3v) is 5.03. The van der Waals surface area contributed by atoms with Crippen LogP contribution in [0.25, 0.3) is 0 Å². The Morgan fingerprint density at radius 3 is 3.04 bits per heavy atom. The summed E-state index contributed by atoms with van der Waals surface area (Å²) < 4.78 is 0. The van der Waals surface area contributed by atoms with E-state index in [0.29, 0.717) is 28.8 Å². The Balaban J connectivity index is 2.04. The largest absolute Gasteiger partial charge is 0.347 e. The van der Waals surface area contributed by atoms with Crippen molar-refractivity contribution in [3.63, 3.8) is 0 Å². The lowest BCUT2D eigenvalue weighted by molar-refractivity contribution is 0.752. The number of hydrazine groups is 1. The van der Waals surface area contributed by atoms with E-state index in [9.17, 15) is 10.1 Å². The van der Waals surface area contributed by atoms with Gasteiger partial charge in [0.15, 0.2) is 0 Å². The fourth-order valence-electron chi connectivity index (χ4n) is 2.87. The second-order valence-corrected chi connectivity index (χ2v) is 6.54.